The molecular weight excluding hydrogens is 275 g/mol. The van der Waals surface area contributed by atoms with E-state index < -0.39 is 12.1 Å². The van der Waals surface area contributed by atoms with Crippen LogP contribution in [-0.4, -0.2) is 13.2 Å². The van der Waals surface area contributed by atoms with Crippen molar-refractivity contribution >= 4 is 0 Å². The molecule has 118 valence electrons. The molecule has 1 atom stereocenters. The lowest BCUT2D eigenvalue weighted by molar-refractivity contribution is -0.184. The van der Waals surface area contributed by atoms with Crippen molar-refractivity contribution in [2.45, 2.75) is 51.2 Å². The standard InChI is InChI=1S/C17H24F3N/c1-3-12-5-4-6-14(11-12)16(21-2)13-7-9-15(10-8-13)17(18,19)20/h4-6,11,13,15-16,21H,3,7-10H2,1-2H3. The number of halogens is 3. The minimum Gasteiger partial charge on any atom is -0.313 e. The van der Waals surface area contributed by atoms with Crippen molar-refractivity contribution in [2.75, 3.05) is 7.05 Å². The maximum Gasteiger partial charge on any atom is 0.391 e. The highest BCUT2D eigenvalue weighted by molar-refractivity contribution is 5.26. The molecule has 0 aromatic heterocycles. The van der Waals surface area contributed by atoms with Crippen molar-refractivity contribution in [1.82, 2.24) is 5.32 Å². The van der Waals surface area contributed by atoms with E-state index in [0.717, 1.165) is 6.42 Å². The fourth-order valence-corrected chi connectivity index (χ4v) is 3.46. The van der Waals surface area contributed by atoms with Crippen LogP contribution in [0.25, 0.3) is 0 Å². The summed E-state index contributed by atoms with van der Waals surface area (Å²) in [6.45, 7) is 2.11. The maximum atomic E-state index is 12.8. The number of nitrogens with one attached hydrogen (secondary N) is 1. The quantitative estimate of drug-likeness (QED) is 0.835. The molecule has 0 spiro atoms. The van der Waals surface area contributed by atoms with Gasteiger partial charge in [0.1, 0.15) is 0 Å². The van der Waals surface area contributed by atoms with E-state index in [0.29, 0.717) is 18.8 Å². The SMILES string of the molecule is CCc1cccc(C(NC)C2CCC(C(F)(F)F)CC2)c1. The molecule has 0 heterocycles. The van der Waals surface area contributed by atoms with Gasteiger partial charge in [0, 0.05) is 6.04 Å². The lowest BCUT2D eigenvalue weighted by Gasteiger charge is -2.35. The van der Waals surface area contributed by atoms with Crippen LogP contribution in [0.3, 0.4) is 0 Å². The van der Waals surface area contributed by atoms with E-state index in [4.69, 9.17) is 0 Å². The van der Waals surface area contributed by atoms with Crippen LogP contribution in [0.4, 0.5) is 13.2 Å². The number of benzene rings is 1. The van der Waals surface area contributed by atoms with Gasteiger partial charge in [-0.3, -0.25) is 0 Å². The van der Waals surface area contributed by atoms with E-state index in [-0.39, 0.29) is 18.9 Å². The predicted molar refractivity (Wildman–Crippen MR) is 79.1 cm³/mol. The van der Waals surface area contributed by atoms with Crippen LogP contribution in [0.2, 0.25) is 0 Å². The summed E-state index contributed by atoms with van der Waals surface area (Å²) >= 11 is 0. The Morgan fingerprint density at radius 1 is 1.19 bits per heavy atom. The summed E-state index contributed by atoms with van der Waals surface area (Å²) in [5.74, 6) is -0.811. The molecule has 4 heteroatoms. The van der Waals surface area contributed by atoms with Gasteiger partial charge in [-0.15, -0.1) is 0 Å². The van der Waals surface area contributed by atoms with Gasteiger partial charge in [-0.2, -0.15) is 13.2 Å². The lowest BCUT2D eigenvalue weighted by Crippen LogP contribution is -2.33. The third kappa shape index (κ3) is 4.00. The highest BCUT2D eigenvalue weighted by Crippen LogP contribution is 2.43. The molecule has 1 aromatic carbocycles. The van der Waals surface area contributed by atoms with E-state index in [2.05, 4.69) is 30.4 Å². The molecule has 1 nitrogen and oxygen atoms in total. The summed E-state index contributed by atoms with van der Waals surface area (Å²) in [5.41, 5.74) is 2.48. The molecule has 1 aromatic rings. The van der Waals surface area contributed by atoms with Crippen LogP contribution in [0.1, 0.15) is 49.8 Å². The van der Waals surface area contributed by atoms with E-state index in [1.165, 1.54) is 11.1 Å². The van der Waals surface area contributed by atoms with Gasteiger partial charge in [0.25, 0.3) is 0 Å². The van der Waals surface area contributed by atoms with Crippen molar-refractivity contribution in [1.29, 1.82) is 0 Å². The summed E-state index contributed by atoms with van der Waals surface area (Å²) in [4.78, 5) is 0. The Morgan fingerprint density at radius 2 is 1.86 bits per heavy atom. The number of hydrogen-bond donors (Lipinski definition) is 1. The molecular formula is C17H24F3N. The van der Waals surface area contributed by atoms with Crippen molar-refractivity contribution in [3.63, 3.8) is 0 Å². The molecule has 21 heavy (non-hydrogen) atoms. The average Bonchev–Trinajstić information content (AvgIpc) is 2.48. The summed E-state index contributed by atoms with van der Waals surface area (Å²) < 4.78 is 38.3. The second kappa shape index (κ2) is 6.82. The third-order valence-corrected chi connectivity index (χ3v) is 4.74. The Kier molecular flexibility index (Phi) is 5.31. The summed E-state index contributed by atoms with van der Waals surface area (Å²) in [6.07, 6.45) is -1.23. The number of hydrogen-bond acceptors (Lipinski definition) is 1. The first kappa shape index (κ1) is 16.3. The molecule has 1 N–H and O–H groups in total. The first-order valence-corrected chi connectivity index (χ1v) is 7.78. The zero-order chi connectivity index (χ0) is 15.5. The fraction of sp³-hybridized carbons (Fsp3) is 0.647. The van der Waals surface area contributed by atoms with Crippen molar-refractivity contribution in [3.8, 4) is 0 Å². The van der Waals surface area contributed by atoms with Crippen LogP contribution in [0.5, 0.6) is 0 Å². The Morgan fingerprint density at radius 3 is 2.38 bits per heavy atom. The maximum absolute atomic E-state index is 12.8. The molecule has 1 saturated carbocycles. The van der Waals surface area contributed by atoms with Crippen LogP contribution < -0.4 is 5.32 Å². The third-order valence-electron chi connectivity index (χ3n) is 4.74. The number of alkyl halides is 3. The van der Waals surface area contributed by atoms with Gasteiger partial charge in [0.2, 0.25) is 0 Å². The molecule has 0 aliphatic heterocycles. The molecule has 2 rings (SSSR count). The van der Waals surface area contributed by atoms with Gasteiger partial charge >= 0.3 is 6.18 Å². The number of aryl methyl sites for hydroxylation is 1. The normalized spacial score (nSPS) is 24.8. The Bertz CT molecular complexity index is 448. The van der Waals surface area contributed by atoms with Gasteiger partial charge in [-0.1, -0.05) is 31.2 Å². The zero-order valence-corrected chi connectivity index (χ0v) is 12.7. The Balaban J connectivity index is 2.06. The van der Waals surface area contributed by atoms with Crippen molar-refractivity contribution < 1.29 is 13.2 Å². The monoisotopic (exact) mass is 299 g/mol. The molecule has 0 bridgehead atoms. The molecule has 1 unspecified atom stereocenters. The zero-order valence-electron chi connectivity index (χ0n) is 12.7. The molecule has 0 saturated heterocycles. The molecule has 1 aliphatic rings. The van der Waals surface area contributed by atoms with Crippen LogP contribution in [0, 0.1) is 11.8 Å². The summed E-state index contributed by atoms with van der Waals surface area (Å²) in [7, 11) is 1.90. The fourth-order valence-electron chi connectivity index (χ4n) is 3.46. The second-order valence-corrected chi connectivity index (χ2v) is 6.02. The smallest absolute Gasteiger partial charge is 0.313 e. The van der Waals surface area contributed by atoms with Crippen LogP contribution in [0.15, 0.2) is 24.3 Å². The van der Waals surface area contributed by atoms with Crippen molar-refractivity contribution in [2.24, 2.45) is 11.8 Å². The topological polar surface area (TPSA) is 12.0 Å². The van der Waals surface area contributed by atoms with Gasteiger partial charge in [-0.05, 0) is 56.2 Å². The highest BCUT2D eigenvalue weighted by atomic mass is 19.4. The van der Waals surface area contributed by atoms with E-state index >= 15 is 0 Å². The summed E-state index contributed by atoms with van der Waals surface area (Å²) in [6, 6.07) is 8.55. The highest BCUT2D eigenvalue weighted by Gasteiger charge is 2.42. The molecule has 1 fully saturated rings. The van der Waals surface area contributed by atoms with Gasteiger partial charge < -0.3 is 5.32 Å². The van der Waals surface area contributed by atoms with E-state index in [9.17, 15) is 13.2 Å². The first-order chi connectivity index (χ1) is 9.95. The van der Waals surface area contributed by atoms with E-state index in [1.807, 2.05) is 13.1 Å². The molecule has 1 aliphatic carbocycles. The Hall–Kier alpha value is -1.03. The Labute approximate surface area is 124 Å². The molecule has 0 radical (unpaired) electrons. The van der Waals surface area contributed by atoms with E-state index in [1.54, 1.807) is 0 Å². The number of rotatable bonds is 4. The van der Waals surface area contributed by atoms with Crippen LogP contribution in [-0.2, 0) is 6.42 Å². The van der Waals surface area contributed by atoms with Gasteiger partial charge in [-0.25, -0.2) is 0 Å². The van der Waals surface area contributed by atoms with Crippen LogP contribution >= 0.6 is 0 Å². The predicted octanol–water partition coefficient (Wildman–Crippen LogP) is 4.88. The minimum atomic E-state index is -4.03. The minimum absolute atomic E-state index is 0.158. The summed E-state index contributed by atoms with van der Waals surface area (Å²) in [5, 5.41) is 3.31. The first-order valence-electron chi connectivity index (χ1n) is 7.78. The van der Waals surface area contributed by atoms with Gasteiger partial charge in [0.15, 0.2) is 0 Å². The second-order valence-electron chi connectivity index (χ2n) is 6.02. The van der Waals surface area contributed by atoms with Gasteiger partial charge in [0.05, 0.1) is 5.92 Å². The lowest BCUT2D eigenvalue weighted by atomic mass is 9.76. The average molecular weight is 299 g/mol. The van der Waals surface area contributed by atoms with Crippen molar-refractivity contribution in [3.05, 3.63) is 35.4 Å². The largest absolute Gasteiger partial charge is 0.391 e. The molecule has 0 amide bonds.